The van der Waals surface area contributed by atoms with Gasteiger partial charge in [0.15, 0.2) is 5.96 Å². The van der Waals surface area contributed by atoms with Gasteiger partial charge in [-0.2, -0.15) is 0 Å². The van der Waals surface area contributed by atoms with E-state index in [1.807, 2.05) is 30.3 Å². The topological polar surface area (TPSA) is 66.0 Å². The molecule has 2 N–H and O–H groups in total. The van der Waals surface area contributed by atoms with Gasteiger partial charge in [0, 0.05) is 61.6 Å². The van der Waals surface area contributed by atoms with E-state index in [0.29, 0.717) is 30.0 Å². The number of nitrogens with one attached hydrogen (secondary N) is 2. The molecular weight excluding hydrogens is 372 g/mol. The number of hydrogen-bond donors (Lipinski definition) is 2. The Morgan fingerprint density at radius 1 is 1.21 bits per heavy atom. The van der Waals surface area contributed by atoms with Crippen molar-refractivity contribution in [2.24, 2.45) is 10.9 Å². The fourth-order valence-electron chi connectivity index (χ4n) is 3.40. The van der Waals surface area contributed by atoms with Crippen LogP contribution in [0, 0.1) is 5.92 Å². The lowest BCUT2D eigenvalue weighted by molar-refractivity contribution is 0.0132. The first-order valence-corrected chi connectivity index (χ1v) is 11.7. The molecule has 1 heterocycles. The van der Waals surface area contributed by atoms with Gasteiger partial charge in [-0.05, 0) is 17.9 Å². The minimum atomic E-state index is -0.881. The van der Waals surface area contributed by atoms with Crippen LogP contribution in [0.1, 0.15) is 25.8 Å². The first-order chi connectivity index (χ1) is 13.6. The monoisotopic (exact) mass is 408 g/mol. The molecule has 0 saturated carbocycles. The number of nitrogens with zero attached hydrogens (tertiary/aromatic N) is 2. The van der Waals surface area contributed by atoms with E-state index in [4.69, 9.17) is 4.74 Å². The molecule has 6 nitrogen and oxygen atoms in total. The van der Waals surface area contributed by atoms with Crippen LogP contribution in [-0.4, -0.2) is 73.3 Å². The molecule has 1 aromatic rings. The van der Waals surface area contributed by atoms with Crippen LogP contribution in [0.4, 0.5) is 0 Å². The predicted molar refractivity (Wildman–Crippen MR) is 118 cm³/mol. The van der Waals surface area contributed by atoms with E-state index < -0.39 is 10.8 Å². The first-order valence-electron chi connectivity index (χ1n) is 10.2. The zero-order chi connectivity index (χ0) is 20.2. The molecule has 0 amide bonds. The number of ether oxygens (including phenoxy) is 1. The number of rotatable bonds is 10. The molecule has 1 aliphatic rings. The fraction of sp³-hybridized carbons (Fsp3) is 0.667. The SMILES string of the molecule is CN=C(NCCS(=O)Cc1ccccc1)NCC(CC(C)C)N1CCOCC1. The summed E-state index contributed by atoms with van der Waals surface area (Å²) in [5.41, 5.74) is 1.12. The third-order valence-electron chi connectivity index (χ3n) is 4.83. The highest BCUT2D eigenvalue weighted by Crippen LogP contribution is 2.13. The van der Waals surface area contributed by atoms with Gasteiger partial charge in [-0.25, -0.2) is 0 Å². The van der Waals surface area contributed by atoms with Crippen LogP contribution in [0.3, 0.4) is 0 Å². The normalized spacial score (nSPS) is 18.1. The molecule has 1 aliphatic heterocycles. The number of guanidine groups is 1. The molecule has 2 rings (SSSR count). The molecule has 0 radical (unpaired) electrons. The highest BCUT2D eigenvalue weighted by atomic mass is 32.2. The van der Waals surface area contributed by atoms with E-state index in [0.717, 1.165) is 50.8 Å². The van der Waals surface area contributed by atoms with Crippen LogP contribution < -0.4 is 10.6 Å². The number of hydrogen-bond acceptors (Lipinski definition) is 4. The minimum absolute atomic E-state index is 0.467. The number of morpholine rings is 1. The van der Waals surface area contributed by atoms with Gasteiger partial charge in [0.1, 0.15) is 0 Å². The van der Waals surface area contributed by atoms with Crippen molar-refractivity contribution < 1.29 is 8.95 Å². The smallest absolute Gasteiger partial charge is 0.191 e. The molecule has 158 valence electrons. The van der Waals surface area contributed by atoms with E-state index >= 15 is 0 Å². The molecule has 28 heavy (non-hydrogen) atoms. The average molecular weight is 409 g/mol. The van der Waals surface area contributed by atoms with Gasteiger partial charge >= 0.3 is 0 Å². The van der Waals surface area contributed by atoms with E-state index in [-0.39, 0.29) is 0 Å². The van der Waals surface area contributed by atoms with Gasteiger partial charge in [0.2, 0.25) is 0 Å². The molecule has 7 heteroatoms. The average Bonchev–Trinajstić information content (AvgIpc) is 2.70. The summed E-state index contributed by atoms with van der Waals surface area (Å²) in [5.74, 6) is 2.63. The van der Waals surface area contributed by atoms with Crippen molar-refractivity contribution >= 4 is 16.8 Å². The van der Waals surface area contributed by atoms with Crippen molar-refractivity contribution in [3.8, 4) is 0 Å². The minimum Gasteiger partial charge on any atom is -0.379 e. The lowest BCUT2D eigenvalue weighted by Gasteiger charge is -2.35. The Bertz CT molecular complexity index is 604. The summed E-state index contributed by atoms with van der Waals surface area (Å²) in [6.45, 7) is 9.64. The van der Waals surface area contributed by atoms with Crippen LogP contribution in [-0.2, 0) is 21.3 Å². The van der Waals surface area contributed by atoms with Crippen molar-refractivity contribution in [1.29, 1.82) is 0 Å². The van der Waals surface area contributed by atoms with E-state index in [1.54, 1.807) is 7.05 Å². The number of benzene rings is 1. The highest BCUT2D eigenvalue weighted by molar-refractivity contribution is 7.84. The van der Waals surface area contributed by atoms with Gasteiger partial charge in [-0.15, -0.1) is 0 Å². The van der Waals surface area contributed by atoms with Crippen molar-refractivity contribution in [2.45, 2.75) is 32.1 Å². The first kappa shape index (κ1) is 22.8. The third-order valence-corrected chi connectivity index (χ3v) is 6.14. The van der Waals surface area contributed by atoms with Crippen molar-refractivity contribution in [1.82, 2.24) is 15.5 Å². The summed E-state index contributed by atoms with van der Waals surface area (Å²) in [5, 5.41) is 6.75. The lowest BCUT2D eigenvalue weighted by atomic mass is 10.0. The van der Waals surface area contributed by atoms with Gasteiger partial charge in [0.25, 0.3) is 0 Å². The molecular formula is C21H36N4O2S. The maximum atomic E-state index is 12.3. The Labute approximate surface area is 172 Å². The fourth-order valence-corrected chi connectivity index (χ4v) is 4.44. The second kappa shape index (κ2) is 12.9. The molecule has 2 unspecified atom stereocenters. The largest absolute Gasteiger partial charge is 0.379 e. The van der Waals surface area contributed by atoms with Crippen molar-refractivity contribution in [3.63, 3.8) is 0 Å². The van der Waals surface area contributed by atoms with Crippen LogP contribution in [0.15, 0.2) is 35.3 Å². The summed E-state index contributed by atoms with van der Waals surface area (Å²) in [6.07, 6.45) is 1.14. The maximum absolute atomic E-state index is 12.3. The lowest BCUT2D eigenvalue weighted by Crippen LogP contribution is -2.51. The molecule has 0 bridgehead atoms. The second-order valence-corrected chi connectivity index (χ2v) is 9.16. The Morgan fingerprint density at radius 3 is 2.57 bits per heavy atom. The Balaban J connectivity index is 1.73. The summed E-state index contributed by atoms with van der Waals surface area (Å²) in [6, 6.07) is 10.5. The molecule has 0 spiro atoms. The molecule has 1 aromatic carbocycles. The van der Waals surface area contributed by atoms with Crippen LogP contribution in [0.2, 0.25) is 0 Å². The molecule has 0 aromatic heterocycles. The zero-order valence-corrected chi connectivity index (χ0v) is 18.3. The second-order valence-electron chi connectivity index (χ2n) is 7.59. The maximum Gasteiger partial charge on any atom is 0.191 e. The Morgan fingerprint density at radius 2 is 1.93 bits per heavy atom. The molecule has 0 aliphatic carbocycles. The quantitative estimate of drug-likeness (QED) is 0.457. The standard InChI is InChI=1S/C21H36N4O2S/c1-18(2)15-20(25-10-12-27-13-11-25)16-24-21(22-3)23-9-14-28(26)17-19-7-5-4-6-8-19/h4-8,18,20H,9-17H2,1-3H3,(H2,22,23,24). The summed E-state index contributed by atoms with van der Waals surface area (Å²) < 4.78 is 17.8. The van der Waals surface area contributed by atoms with Gasteiger partial charge in [-0.1, -0.05) is 44.2 Å². The Hall–Kier alpha value is -1.44. The highest BCUT2D eigenvalue weighted by Gasteiger charge is 2.22. The van der Waals surface area contributed by atoms with Gasteiger partial charge in [-0.3, -0.25) is 14.1 Å². The summed E-state index contributed by atoms with van der Waals surface area (Å²) in [4.78, 5) is 6.83. The number of aliphatic imine (C=N–C) groups is 1. The zero-order valence-electron chi connectivity index (χ0n) is 17.5. The van der Waals surface area contributed by atoms with E-state index in [9.17, 15) is 4.21 Å². The van der Waals surface area contributed by atoms with Crippen LogP contribution >= 0.6 is 0 Å². The van der Waals surface area contributed by atoms with Gasteiger partial charge < -0.3 is 15.4 Å². The van der Waals surface area contributed by atoms with Gasteiger partial charge in [0.05, 0.1) is 13.2 Å². The summed E-state index contributed by atoms with van der Waals surface area (Å²) >= 11 is 0. The van der Waals surface area contributed by atoms with E-state index in [2.05, 4.69) is 34.4 Å². The van der Waals surface area contributed by atoms with Crippen LogP contribution in [0.25, 0.3) is 0 Å². The molecule has 2 atom stereocenters. The Kier molecular flexibility index (Phi) is 10.5. The van der Waals surface area contributed by atoms with Crippen molar-refractivity contribution in [2.75, 3.05) is 52.2 Å². The summed E-state index contributed by atoms with van der Waals surface area (Å²) in [7, 11) is 0.899. The molecule has 1 saturated heterocycles. The van der Waals surface area contributed by atoms with Crippen molar-refractivity contribution in [3.05, 3.63) is 35.9 Å². The van der Waals surface area contributed by atoms with E-state index in [1.165, 1.54) is 0 Å². The van der Waals surface area contributed by atoms with Crippen LogP contribution in [0.5, 0.6) is 0 Å². The third kappa shape index (κ3) is 8.71. The molecule has 1 fully saturated rings. The predicted octanol–water partition coefficient (Wildman–Crippen LogP) is 1.85.